The van der Waals surface area contributed by atoms with Crippen molar-refractivity contribution in [2.75, 3.05) is 0 Å². The first kappa shape index (κ1) is 11.0. The topological polar surface area (TPSA) is 34.9 Å². The Morgan fingerprint density at radius 3 is 2.79 bits per heavy atom. The van der Waals surface area contributed by atoms with Crippen LogP contribution in [0.25, 0.3) is 0 Å². The zero-order valence-corrected chi connectivity index (χ0v) is 9.21. The largest absolute Gasteiger partial charge is 0.299 e. The van der Waals surface area contributed by atoms with Gasteiger partial charge >= 0.3 is 0 Å². The molecule has 0 fully saturated rings. The lowest BCUT2D eigenvalue weighted by Crippen LogP contribution is -2.03. The van der Waals surface area contributed by atoms with Gasteiger partial charge in [0.2, 0.25) is 0 Å². The minimum Gasteiger partial charge on any atom is -0.299 e. The molecule has 14 heavy (non-hydrogen) atoms. The van der Waals surface area contributed by atoms with Crippen molar-refractivity contribution >= 4 is 5.78 Å². The Labute approximate surface area is 85.1 Å². The van der Waals surface area contributed by atoms with Gasteiger partial charge in [-0.05, 0) is 19.4 Å². The van der Waals surface area contributed by atoms with Crippen LogP contribution in [0.3, 0.4) is 0 Å². The maximum atomic E-state index is 11.4. The standard InChI is InChI=1S/C11H18N2O/c1-4-5-6-11(14)8-10-7-9(2)13(3)12-10/h7H,4-6,8H2,1-3H3. The fraction of sp³-hybridized carbons (Fsp3) is 0.636. The second-order valence-electron chi connectivity index (χ2n) is 3.72. The van der Waals surface area contributed by atoms with Gasteiger partial charge in [-0.1, -0.05) is 13.3 Å². The molecule has 1 aromatic heterocycles. The molecular formula is C11H18N2O. The number of unbranched alkanes of at least 4 members (excludes halogenated alkanes) is 1. The molecule has 0 aliphatic carbocycles. The quantitative estimate of drug-likeness (QED) is 0.719. The summed E-state index contributed by atoms with van der Waals surface area (Å²) in [5.74, 6) is 0.296. The van der Waals surface area contributed by atoms with Crippen LogP contribution in [-0.4, -0.2) is 15.6 Å². The van der Waals surface area contributed by atoms with Crippen molar-refractivity contribution in [3.05, 3.63) is 17.5 Å². The number of ketones is 1. The van der Waals surface area contributed by atoms with Crippen molar-refractivity contribution < 1.29 is 4.79 Å². The number of hydrogen-bond donors (Lipinski definition) is 0. The zero-order chi connectivity index (χ0) is 10.6. The number of rotatable bonds is 5. The maximum absolute atomic E-state index is 11.4. The molecule has 3 nitrogen and oxygen atoms in total. The molecule has 0 radical (unpaired) electrons. The maximum Gasteiger partial charge on any atom is 0.138 e. The molecule has 0 bridgehead atoms. The van der Waals surface area contributed by atoms with E-state index >= 15 is 0 Å². The Hall–Kier alpha value is -1.12. The van der Waals surface area contributed by atoms with Gasteiger partial charge < -0.3 is 0 Å². The molecule has 1 heterocycles. The van der Waals surface area contributed by atoms with E-state index in [0.29, 0.717) is 18.6 Å². The van der Waals surface area contributed by atoms with Gasteiger partial charge in [-0.3, -0.25) is 9.48 Å². The van der Waals surface area contributed by atoms with E-state index in [1.807, 2.05) is 24.7 Å². The van der Waals surface area contributed by atoms with E-state index in [9.17, 15) is 4.79 Å². The van der Waals surface area contributed by atoms with E-state index in [-0.39, 0.29) is 0 Å². The molecular weight excluding hydrogens is 176 g/mol. The van der Waals surface area contributed by atoms with Gasteiger partial charge in [0, 0.05) is 19.2 Å². The minimum absolute atomic E-state index is 0.296. The minimum atomic E-state index is 0.296. The summed E-state index contributed by atoms with van der Waals surface area (Å²) in [6, 6.07) is 1.98. The van der Waals surface area contributed by atoms with Crippen LogP contribution in [0, 0.1) is 6.92 Å². The Morgan fingerprint density at radius 2 is 2.29 bits per heavy atom. The molecule has 0 spiro atoms. The van der Waals surface area contributed by atoms with Gasteiger partial charge in [-0.25, -0.2) is 0 Å². The lowest BCUT2D eigenvalue weighted by Gasteiger charge is -1.95. The van der Waals surface area contributed by atoms with Gasteiger partial charge in [-0.15, -0.1) is 0 Å². The summed E-state index contributed by atoms with van der Waals surface area (Å²) in [5.41, 5.74) is 1.99. The van der Waals surface area contributed by atoms with Crippen molar-refractivity contribution in [3.63, 3.8) is 0 Å². The molecule has 0 saturated carbocycles. The Bertz CT molecular complexity index is 296. The van der Waals surface area contributed by atoms with Gasteiger partial charge in [0.1, 0.15) is 5.78 Å². The lowest BCUT2D eigenvalue weighted by atomic mass is 10.1. The van der Waals surface area contributed by atoms with E-state index in [0.717, 1.165) is 24.2 Å². The third kappa shape index (κ3) is 2.98. The summed E-state index contributed by atoms with van der Waals surface area (Å²) in [5, 5.41) is 4.25. The van der Waals surface area contributed by atoms with Crippen LogP contribution in [0.15, 0.2) is 6.07 Å². The third-order valence-electron chi connectivity index (χ3n) is 2.35. The molecule has 1 aromatic rings. The number of aryl methyl sites for hydroxylation is 2. The van der Waals surface area contributed by atoms with Crippen LogP contribution < -0.4 is 0 Å². The molecule has 0 N–H and O–H groups in total. The number of nitrogens with zero attached hydrogens (tertiary/aromatic N) is 2. The highest BCUT2D eigenvalue weighted by Crippen LogP contribution is 2.05. The number of aromatic nitrogens is 2. The zero-order valence-electron chi connectivity index (χ0n) is 9.21. The molecule has 78 valence electrons. The summed E-state index contributed by atoms with van der Waals surface area (Å²) < 4.78 is 1.81. The van der Waals surface area contributed by atoms with Crippen molar-refractivity contribution in [3.8, 4) is 0 Å². The normalized spacial score (nSPS) is 10.5. The first-order valence-electron chi connectivity index (χ1n) is 5.14. The number of carbonyl (C=O) groups is 1. The molecule has 0 unspecified atom stereocenters. The van der Waals surface area contributed by atoms with Crippen LogP contribution in [-0.2, 0) is 18.3 Å². The summed E-state index contributed by atoms with van der Waals surface area (Å²) in [7, 11) is 1.90. The van der Waals surface area contributed by atoms with Gasteiger partial charge in [0.15, 0.2) is 0 Å². The smallest absolute Gasteiger partial charge is 0.138 e. The highest BCUT2D eigenvalue weighted by atomic mass is 16.1. The van der Waals surface area contributed by atoms with Crippen molar-refractivity contribution in [2.45, 2.75) is 39.5 Å². The average molecular weight is 194 g/mol. The highest BCUT2D eigenvalue weighted by Gasteiger charge is 2.06. The molecule has 0 atom stereocenters. The van der Waals surface area contributed by atoms with Gasteiger partial charge in [-0.2, -0.15) is 5.10 Å². The van der Waals surface area contributed by atoms with Crippen LogP contribution in [0.2, 0.25) is 0 Å². The summed E-state index contributed by atoms with van der Waals surface area (Å²) >= 11 is 0. The van der Waals surface area contributed by atoms with Crippen molar-refractivity contribution in [1.82, 2.24) is 9.78 Å². The van der Waals surface area contributed by atoms with Crippen molar-refractivity contribution in [2.24, 2.45) is 7.05 Å². The van der Waals surface area contributed by atoms with E-state index in [1.54, 1.807) is 0 Å². The number of hydrogen-bond acceptors (Lipinski definition) is 2. The van der Waals surface area contributed by atoms with Crippen LogP contribution in [0.5, 0.6) is 0 Å². The summed E-state index contributed by atoms with van der Waals surface area (Å²) in [6.45, 7) is 4.09. The fourth-order valence-corrected chi connectivity index (χ4v) is 1.39. The number of Topliss-reactive ketones (excluding diaryl/α,β-unsaturated/α-hetero) is 1. The first-order valence-corrected chi connectivity index (χ1v) is 5.14. The number of carbonyl (C=O) groups excluding carboxylic acids is 1. The second kappa shape index (κ2) is 4.94. The molecule has 0 aliphatic rings. The van der Waals surface area contributed by atoms with Gasteiger partial charge in [0.25, 0.3) is 0 Å². The Kier molecular flexibility index (Phi) is 3.86. The lowest BCUT2D eigenvalue weighted by molar-refractivity contribution is -0.118. The molecule has 0 saturated heterocycles. The van der Waals surface area contributed by atoms with Crippen LogP contribution >= 0.6 is 0 Å². The van der Waals surface area contributed by atoms with E-state index in [4.69, 9.17) is 0 Å². The molecule has 0 aliphatic heterocycles. The van der Waals surface area contributed by atoms with Crippen LogP contribution in [0.1, 0.15) is 37.6 Å². The SMILES string of the molecule is CCCCC(=O)Cc1cc(C)n(C)n1. The molecule has 1 rings (SSSR count). The monoisotopic (exact) mass is 194 g/mol. The van der Waals surface area contributed by atoms with E-state index in [2.05, 4.69) is 12.0 Å². The average Bonchev–Trinajstić information content (AvgIpc) is 2.42. The van der Waals surface area contributed by atoms with E-state index in [1.165, 1.54) is 0 Å². The summed E-state index contributed by atoms with van der Waals surface area (Å²) in [4.78, 5) is 11.4. The Morgan fingerprint density at radius 1 is 1.57 bits per heavy atom. The third-order valence-corrected chi connectivity index (χ3v) is 2.35. The molecule has 3 heteroatoms. The predicted molar refractivity (Wildman–Crippen MR) is 56.2 cm³/mol. The van der Waals surface area contributed by atoms with Gasteiger partial charge in [0.05, 0.1) is 12.1 Å². The summed E-state index contributed by atoms with van der Waals surface area (Å²) in [6.07, 6.45) is 3.24. The second-order valence-corrected chi connectivity index (χ2v) is 3.72. The Balaban J connectivity index is 2.48. The molecule has 0 amide bonds. The molecule has 0 aromatic carbocycles. The highest BCUT2D eigenvalue weighted by molar-refractivity contribution is 5.80. The van der Waals surface area contributed by atoms with Crippen LogP contribution in [0.4, 0.5) is 0 Å². The predicted octanol–water partition coefficient (Wildman–Crippen LogP) is 2.03. The fourth-order valence-electron chi connectivity index (χ4n) is 1.39. The van der Waals surface area contributed by atoms with E-state index < -0.39 is 0 Å². The first-order chi connectivity index (χ1) is 6.63. The van der Waals surface area contributed by atoms with Crippen molar-refractivity contribution in [1.29, 1.82) is 0 Å².